The largest absolute Gasteiger partial charge is 0.493 e. The number of carbonyl (C=O) groups excluding carboxylic acids is 2. The molecule has 1 unspecified atom stereocenters. The first-order valence-corrected chi connectivity index (χ1v) is 9.14. The molecule has 26 heavy (non-hydrogen) atoms. The minimum absolute atomic E-state index is 0.0247. The van der Waals surface area contributed by atoms with Crippen LogP contribution in [-0.4, -0.2) is 18.4 Å². The quantitative estimate of drug-likeness (QED) is 0.843. The van der Waals surface area contributed by atoms with Crippen LogP contribution >= 0.6 is 11.6 Å². The van der Waals surface area contributed by atoms with Gasteiger partial charge in [-0.15, -0.1) is 0 Å². The van der Waals surface area contributed by atoms with E-state index in [0.717, 1.165) is 35.4 Å². The molecule has 2 aliphatic heterocycles. The predicted octanol–water partition coefficient (Wildman–Crippen LogP) is 3.87. The molecule has 1 atom stereocenters. The highest BCUT2D eigenvalue weighted by molar-refractivity contribution is 6.30. The molecule has 2 aliphatic rings. The number of benzene rings is 2. The van der Waals surface area contributed by atoms with E-state index in [1.165, 1.54) is 0 Å². The molecule has 5 nitrogen and oxygen atoms in total. The minimum Gasteiger partial charge on any atom is -0.493 e. The smallest absolute Gasteiger partial charge is 0.251 e. The first-order valence-electron chi connectivity index (χ1n) is 8.76. The third-order valence-electron chi connectivity index (χ3n) is 4.81. The van der Waals surface area contributed by atoms with Crippen molar-refractivity contribution < 1.29 is 14.3 Å². The van der Waals surface area contributed by atoms with E-state index in [0.29, 0.717) is 30.0 Å². The number of nitrogens with one attached hydrogen (secondary N) is 2. The number of carbonyl (C=O) groups is 2. The summed E-state index contributed by atoms with van der Waals surface area (Å²) in [6, 6.07) is 10.7. The Hall–Kier alpha value is -2.53. The Morgan fingerprint density at radius 2 is 2.08 bits per heavy atom. The molecule has 0 spiro atoms. The van der Waals surface area contributed by atoms with Crippen molar-refractivity contribution in [3.05, 3.63) is 58.1 Å². The average molecular weight is 371 g/mol. The lowest BCUT2D eigenvalue weighted by atomic mass is 9.99. The molecule has 0 aromatic heterocycles. The van der Waals surface area contributed by atoms with Crippen LogP contribution in [-0.2, 0) is 11.2 Å². The van der Waals surface area contributed by atoms with Crippen LogP contribution < -0.4 is 15.4 Å². The summed E-state index contributed by atoms with van der Waals surface area (Å²) in [4.78, 5) is 24.4. The van der Waals surface area contributed by atoms with Gasteiger partial charge in [-0.1, -0.05) is 11.6 Å². The number of fused-ring (bicyclic) bond motifs is 2. The lowest BCUT2D eigenvalue weighted by Gasteiger charge is -2.27. The lowest BCUT2D eigenvalue weighted by molar-refractivity contribution is -0.116. The molecule has 0 radical (unpaired) electrons. The SMILES string of the molecule is O=C1CCCc2cc(C(=O)NC3CCOc4ccc(Cl)cc43)ccc2N1. The number of halogens is 1. The molecule has 2 N–H and O–H groups in total. The molecule has 0 saturated carbocycles. The van der Waals surface area contributed by atoms with Crippen molar-refractivity contribution in [2.75, 3.05) is 11.9 Å². The zero-order valence-electron chi connectivity index (χ0n) is 14.2. The van der Waals surface area contributed by atoms with Crippen LogP contribution in [0.2, 0.25) is 5.02 Å². The van der Waals surface area contributed by atoms with Gasteiger partial charge in [0.15, 0.2) is 0 Å². The second kappa shape index (κ2) is 7.00. The summed E-state index contributed by atoms with van der Waals surface area (Å²) in [6.07, 6.45) is 2.77. The van der Waals surface area contributed by atoms with E-state index in [4.69, 9.17) is 16.3 Å². The Morgan fingerprint density at radius 1 is 1.19 bits per heavy atom. The molecule has 134 valence electrons. The summed E-state index contributed by atoms with van der Waals surface area (Å²) in [5, 5.41) is 6.59. The third kappa shape index (κ3) is 3.40. The van der Waals surface area contributed by atoms with Gasteiger partial charge in [-0.3, -0.25) is 9.59 Å². The predicted molar refractivity (Wildman–Crippen MR) is 99.8 cm³/mol. The molecule has 4 rings (SSSR count). The molecule has 0 bridgehead atoms. The molecule has 2 aromatic carbocycles. The Labute approximate surface area is 156 Å². The normalized spacial score (nSPS) is 18.7. The van der Waals surface area contributed by atoms with Gasteiger partial charge in [-0.25, -0.2) is 0 Å². The van der Waals surface area contributed by atoms with Crippen molar-refractivity contribution in [2.24, 2.45) is 0 Å². The topological polar surface area (TPSA) is 67.4 Å². The number of aryl methyl sites for hydroxylation is 1. The maximum Gasteiger partial charge on any atom is 0.251 e. The Morgan fingerprint density at radius 3 is 2.96 bits per heavy atom. The zero-order chi connectivity index (χ0) is 18.1. The maximum absolute atomic E-state index is 12.8. The lowest BCUT2D eigenvalue weighted by Crippen LogP contribution is -2.32. The van der Waals surface area contributed by atoms with E-state index in [9.17, 15) is 9.59 Å². The molecule has 2 amide bonds. The summed E-state index contributed by atoms with van der Waals surface area (Å²) in [5.74, 6) is 0.647. The van der Waals surface area contributed by atoms with E-state index in [1.807, 2.05) is 24.3 Å². The summed E-state index contributed by atoms with van der Waals surface area (Å²) in [6.45, 7) is 0.551. The van der Waals surface area contributed by atoms with Gasteiger partial charge in [0.05, 0.1) is 12.6 Å². The first-order chi connectivity index (χ1) is 12.6. The van der Waals surface area contributed by atoms with E-state index in [2.05, 4.69) is 10.6 Å². The highest BCUT2D eigenvalue weighted by Crippen LogP contribution is 2.34. The Balaban J connectivity index is 1.56. The molecule has 2 aromatic rings. The van der Waals surface area contributed by atoms with Crippen LogP contribution in [0.4, 0.5) is 5.69 Å². The van der Waals surface area contributed by atoms with Crippen LogP contribution in [0, 0.1) is 0 Å². The van der Waals surface area contributed by atoms with Crippen LogP contribution in [0.25, 0.3) is 0 Å². The van der Waals surface area contributed by atoms with Gasteiger partial charge in [0.2, 0.25) is 5.91 Å². The van der Waals surface area contributed by atoms with Crippen molar-refractivity contribution >= 4 is 29.1 Å². The number of hydrogen-bond acceptors (Lipinski definition) is 3. The highest BCUT2D eigenvalue weighted by Gasteiger charge is 2.24. The van der Waals surface area contributed by atoms with Crippen LogP contribution in [0.3, 0.4) is 0 Å². The fourth-order valence-corrected chi connectivity index (χ4v) is 3.65. The molecule has 6 heteroatoms. The molecule has 0 fully saturated rings. The van der Waals surface area contributed by atoms with Gasteiger partial charge in [0.1, 0.15) is 5.75 Å². The number of amides is 2. The van der Waals surface area contributed by atoms with Crippen LogP contribution in [0.5, 0.6) is 5.75 Å². The Kier molecular flexibility index (Phi) is 4.55. The fourth-order valence-electron chi connectivity index (χ4n) is 3.47. The van der Waals surface area contributed by atoms with Gasteiger partial charge >= 0.3 is 0 Å². The number of anilines is 1. The number of hydrogen-bond donors (Lipinski definition) is 2. The van der Waals surface area contributed by atoms with Crippen LogP contribution in [0.15, 0.2) is 36.4 Å². The van der Waals surface area contributed by atoms with E-state index in [-0.39, 0.29) is 17.9 Å². The van der Waals surface area contributed by atoms with Gasteiger partial charge in [0.25, 0.3) is 5.91 Å². The number of rotatable bonds is 2. The summed E-state index contributed by atoms with van der Waals surface area (Å²) in [7, 11) is 0. The van der Waals surface area contributed by atoms with Gasteiger partial charge in [-0.05, 0) is 54.8 Å². The average Bonchev–Trinajstić information content (AvgIpc) is 2.82. The van der Waals surface area contributed by atoms with Crippen molar-refractivity contribution in [3.63, 3.8) is 0 Å². The summed E-state index contributed by atoms with van der Waals surface area (Å²) < 4.78 is 5.64. The second-order valence-corrected chi connectivity index (χ2v) is 7.06. The fraction of sp³-hybridized carbons (Fsp3) is 0.300. The molecular formula is C20H19ClN2O3. The van der Waals surface area contributed by atoms with Crippen molar-refractivity contribution in [1.29, 1.82) is 0 Å². The first kappa shape index (κ1) is 16.9. The van der Waals surface area contributed by atoms with E-state index < -0.39 is 0 Å². The van der Waals surface area contributed by atoms with Gasteiger partial charge in [0, 0.05) is 34.7 Å². The minimum atomic E-state index is -0.138. The summed E-state index contributed by atoms with van der Waals surface area (Å²) >= 11 is 6.10. The van der Waals surface area contributed by atoms with E-state index >= 15 is 0 Å². The zero-order valence-corrected chi connectivity index (χ0v) is 14.9. The van der Waals surface area contributed by atoms with E-state index in [1.54, 1.807) is 12.1 Å². The molecule has 0 aliphatic carbocycles. The van der Waals surface area contributed by atoms with Crippen molar-refractivity contribution in [1.82, 2.24) is 5.32 Å². The summed E-state index contributed by atoms with van der Waals surface area (Å²) in [5.41, 5.74) is 3.29. The third-order valence-corrected chi connectivity index (χ3v) is 5.04. The second-order valence-electron chi connectivity index (χ2n) is 6.62. The van der Waals surface area contributed by atoms with Gasteiger partial charge < -0.3 is 15.4 Å². The Bertz CT molecular complexity index is 881. The number of ether oxygens (including phenoxy) is 1. The van der Waals surface area contributed by atoms with Crippen LogP contribution in [0.1, 0.15) is 46.8 Å². The molecule has 0 saturated heterocycles. The van der Waals surface area contributed by atoms with Crippen molar-refractivity contribution in [2.45, 2.75) is 31.7 Å². The highest BCUT2D eigenvalue weighted by atomic mass is 35.5. The van der Waals surface area contributed by atoms with Gasteiger partial charge in [-0.2, -0.15) is 0 Å². The molecule has 2 heterocycles. The van der Waals surface area contributed by atoms with Crippen molar-refractivity contribution in [3.8, 4) is 5.75 Å². The monoisotopic (exact) mass is 370 g/mol. The molecular weight excluding hydrogens is 352 g/mol. The standard InChI is InChI=1S/C20H19ClN2O3/c21-14-5-7-18-15(11-14)17(8-9-26-18)23-20(25)13-4-6-16-12(10-13)2-1-3-19(24)22-16/h4-7,10-11,17H,1-3,8-9H2,(H,22,24)(H,23,25). The maximum atomic E-state index is 12.8.